The molecule has 2 aromatic rings. The molecule has 2 aromatic heterocycles. The molecule has 2 heterocycles. The second kappa shape index (κ2) is 5.48. The van der Waals surface area contributed by atoms with Gasteiger partial charge in [0.25, 0.3) is 0 Å². The molecule has 1 N–H and O–H groups in total. The van der Waals surface area contributed by atoms with Crippen LogP contribution in [0.4, 0.5) is 0 Å². The van der Waals surface area contributed by atoms with E-state index in [2.05, 4.69) is 15.3 Å². The summed E-state index contributed by atoms with van der Waals surface area (Å²) in [5, 5.41) is 16.8. The molecular formula is C12H16N4O2S. The number of carbonyl (C=O) groups is 1. The molecule has 0 radical (unpaired) electrons. The Morgan fingerprint density at radius 1 is 1.53 bits per heavy atom. The van der Waals surface area contributed by atoms with Crippen LogP contribution in [0.2, 0.25) is 0 Å². The Morgan fingerprint density at radius 2 is 2.26 bits per heavy atom. The minimum atomic E-state index is -1.02. The minimum Gasteiger partial charge on any atom is -0.476 e. The third-order valence-corrected chi connectivity index (χ3v) is 3.91. The van der Waals surface area contributed by atoms with Crippen LogP contribution in [0.15, 0.2) is 5.51 Å². The largest absolute Gasteiger partial charge is 0.476 e. The normalized spacial score (nSPS) is 11.2. The molecule has 0 spiro atoms. The first-order valence-corrected chi connectivity index (χ1v) is 6.94. The van der Waals surface area contributed by atoms with E-state index in [-0.39, 0.29) is 11.6 Å². The van der Waals surface area contributed by atoms with Crippen LogP contribution >= 0.6 is 11.3 Å². The van der Waals surface area contributed by atoms with Crippen LogP contribution < -0.4 is 0 Å². The van der Waals surface area contributed by atoms with Crippen LogP contribution in [-0.4, -0.2) is 31.1 Å². The zero-order valence-electron chi connectivity index (χ0n) is 11.1. The number of hydrogen-bond acceptors (Lipinski definition) is 5. The van der Waals surface area contributed by atoms with E-state index >= 15 is 0 Å². The van der Waals surface area contributed by atoms with Gasteiger partial charge in [0.2, 0.25) is 0 Å². The first-order valence-electron chi connectivity index (χ1n) is 6.06. The van der Waals surface area contributed by atoms with E-state index in [0.29, 0.717) is 12.2 Å². The lowest BCUT2D eigenvalue weighted by Crippen LogP contribution is -2.11. The molecule has 0 aromatic carbocycles. The van der Waals surface area contributed by atoms with Crippen molar-refractivity contribution in [2.24, 2.45) is 0 Å². The Bertz CT molecular complexity index is 588. The number of carboxylic acid groups (broad SMARTS) is 1. The number of nitrogens with zero attached hydrogens (tertiary/aromatic N) is 4. The molecule has 0 saturated carbocycles. The molecule has 6 nitrogen and oxygen atoms in total. The highest BCUT2D eigenvalue weighted by molar-refractivity contribution is 7.09. The van der Waals surface area contributed by atoms with Crippen molar-refractivity contribution < 1.29 is 9.90 Å². The van der Waals surface area contributed by atoms with E-state index in [1.807, 2.05) is 26.3 Å². The molecule has 0 bridgehead atoms. The fourth-order valence-corrected chi connectivity index (χ4v) is 2.75. The number of aromatic nitrogens is 4. The van der Waals surface area contributed by atoms with Gasteiger partial charge in [-0.2, -0.15) is 0 Å². The van der Waals surface area contributed by atoms with Gasteiger partial charge in [-0.25, -0.2) is 14.5 Å². The Morgan fingerprint density at radius 3 is 2.79 bits per heavy atom. The van der Waals surface area contributed by atoms with E-state index in [9.17, 15) is 4.79 Å². The topological polar surface area (TPSA) is 80.9 Å². The molecular weight excluding hydrogens is 264 g/mol. The van der Waals surface area contributed by atoms with Gasteiger partial charge in [0.05, 0.1) is 16.9 Å². The number of hydrogen-bond donors (Lipinski definition) is 1. The summed E-state index contributed by atoms with van der Waals surface area (Å²) in [6, 6.07) is 0. The zero-order chi connectivity index (χ0) is 14.0. The number of aromatic carboxylic acids is 1. The second-order valence-electron chi connectivity index (χ2n) is 4.62. The van der Waals surface area contributed by atoms with Gasteiger partial charge in [-0.15, -0.1) is 16.4 Å². The quantitative estimate of drug-likeness (QED) is 0.907. The Kier molecular flexibility index (Phi) is 3.94. The smallest absolute Gasteiger partial charge is 0.358 e. The monoisotopic (exact) mass is 280 g/mol. The second-order valence-corrected chi connectivity index (χ2v) is 5.56. The maximum absolute atomic E-state index is 11.1. The maximum atomic E-state index is 11.1. The molecule has 0 atom stereocenters. The summed E-state index contributed by atoms with van der Waals surface area (Å²) in [6.45, 7) is 6.48. The average molecular weight is 280 g/mol. The molecule has 0 aliphatic carbocycles. The fraction of sp³-hybridized carbons (Fsp3) is 0.500. The van der Waals surface area contributed by atoms with Crippen molar-refractivity contribution in [3.8, 4) is 0 Å². The summed E-state index contributed by atoms with van der Waals surface area (Å²) in [5.74, 6) is -0.951. The summed E-state index contributed by atoms with van der Waals surface area (Å²) in [7, 11) is 0. The van der Waals surface area contributed by atoms with Crippen molar-refractivity contribution in [2.75, 3.05) is 0 Å². The summed E-state index contributed by atoms with van der Waals surface area (Å²) >= 11 is 1.61. The molecule has 0 unspecified atom stereocenters. The zero-order valence-corrected chi connectivity index (χ0v) is 11.9. The van der Waals surface area contributed by atoms with Gasteiger partial charge in [0.1, 0.15) is 0 Å². The first-order chi connectivity index (χ1) is 9.00. The van der Waals surface area contributed by atoms with Crippen LogP contribution in [0.25, 0.3) is 0 Å². The molecule has 19 heavy (non-hydrogen) atoms. The van der Waals surface area contributed by atoms with E-state index in [1.165, 1.54) is 4.88 Å². The van der Waals surface area contributed by atoms with Crippen molar-refractivity contribution in [2.45, 2.75) is 39.7 Å². The molecule has 0 fully saturated rings. The van der Waals surface area contributed by atoms with Gasteiger partial charge in [0.15, 0.2) is 5.69 Å². The molecule has 0 amide bonds. The van der Waals surface area contributed by atoms with E-state index in [1.54, 1.807) is 16.0 Å². The highest BCUT2D eigenvalue weighted by atomic mass is 32.1. The Balaban J connectivity index is 2.21. The van der Waals surface area contributed by atoms with Crippen molar-refractivity contribution in [1.29, 1.82) is 0 Å². The van der Waals surface area contributed by atoms with Crippen LogP contribution in [-0.2, 0) is 13.0 Å². The lowest BCUT2D eigenvalue weighted by molar-refractivity contribution is 0.0688. The highest BCUT2D eigenvalue weighted by Gasteiger charge is 2.21. The number of rotatable bonds is 5. The molecule has 7 heteroatoms. The third kappa shape index (κ3) is 2.81. The van der Waals surface area contributed by atoms with Gasteiger partial charge >= 0.3 is 5.97 Å². The van der Waals surface area contributed by atoms with Crippen LogP contribution in [0.1, 0.15) is 46.5 Å². The average Bonchev–Trinajstić information content (AvgIpc) is 2.92. The Labute approximate surface area is 115 Å². The standard InChI is InChI=1S/C12H16N4O2S/c1-7(2)11-10(12(17)18)14-15-16(11)5-4-9-8(3)13-6-19-9/h6-7H,4-5H2,1-3H3,(H,17,18). The lowest BCUT2D eigenvalue weighted by Gasteiger charge is -2.09. The Hall–Kier alpha value is -1.76. The van der Waals surface area contributed by atoms with E-state index < -0.39 is 5.97 Å². The molecule has 2 rings (SSSR count). The molecule has 102 valence electrons. The van der Waals surface area contributed by atoms with Crippen molar-refractivity contribution in [3.63, 3.8) is 0 Å². The van der Waals surface area contributed by atoms with E-state index in [4.69, 9.17) is 5.11 Å². The number of thiazole rings is 1. The summed E-state index contributed by atoms with van der Waals surface area (Å²) in [5.41, 5.74) is 3.57. The maximum Gasteiger partial charge on any atom is 0.358 e. The minimum absolute atomic E-state index is 0.0519. The summed E-state index contributed by atoms with van der Waals surface area (Å²) < 4.78 is 1.69. The molecule has 0 aliphatic heterocycles. The third-order valence-electron chi connectivity index (χ3n) is 2.92. The van der Waals surface area contributed by atoms with Gasteiger partial charge in [-0.1, -0.05) is 19.1 Å². The van der Waals surface area contributed by atoms with Crippen molar-refractivity contribution in [1.82, 2.24) is 20.0 Å². The van der Waals surface area contributed by atoms with Gasteiger partial charge in [-0.3, -0.25) is 0 Å². The van der Waals surface area contributed by atoms with Crippen LogP contribution in [0.5, 0.6) is 0 Å². The number of carboxylic acids is 1. The van der Waals surface area contributed by atoms with Crippen molar-refractivity contribution in [3.05, 3.63) is 27.5 Å². The first kappa shape index (κ1) is 13.7. The predicted octanol–water partition coefficient (Wildman–Crippen LogP) is 2.11. The van der Waals surface area contributed by atoms with Gasteiger partial charge < -0.3 is 5.11 Å². The molecule has 0 saturated heterocycles. The van der Waals surface area contributed by atoms with E-state index in [0.717, 1.165) is 12.1 Å². The summed E-state index contributed by atoms with van der Waals surface area (Å²) in [4.78, 5) is 16.5. The lowest BCUT2D eigenvalue weighted by atomic mass is 10.1. The summed E-state index contributed by atoms with van der Waals surface area (Å²) in [6.07, 6.45) is 0.790. The SMILES string of the molecule is Cc1ncsc1CCn1nnc(C(=O)O)c1C(C)C. The van der Waals surface area contributed by atoms with Gasteiger partial charge in [-0.05, 0) is 12.8 Å². The van der Waals surface area contributed by atoms with Gasteiger partial charge in [0, 0.05) is 17.8 Å². The predicted molar refractivity (Wildman–Crippen MR) is 71.6 cm³/mol. The fourth-order valence-electron chi connectivity index (χ4n) is 1.98. The molecule has 0 aliphatic rings. The van der Waals surface area contributed by atoms with Crippen LogP contribution in [0, 0.1) is 6.92 Å². The van der Waals surface area contributed by atoms with Crippen LogP contribution in [0.3, 0.4) is 0 Å². The highest BCUT2D eigenvalue weighted by Crippen LogP contribution is 2.19. The number of aryl methyl sites for hydroxylation is 3. The van der Waals surface area contributed by atoms with Crippen molar-refractivity contribution >= 4 is 17.3 Å².